The van der Waals surface area contributed by atoms with E-state index in [1.165, 1.54) is 18.0 Å². The van der Waals surface area contributed by atoms with Gasteiger partial charge in [0.1, 0.15) is 11.9 Å². The van der Waals surface area contributed by atoms with E-state index in [0.717, 1.165) is 16.4 Å². The molecule has 0 spiro atoms. The Morgan fingerprint density at radius 1 is 1.32 bits per heavy atom. The summed E-state index contributed by atoms with van der Waals surface area (Å²) in [6.45, 7) is 4.38. The number of nitrogens with zero attached hydrogens (tertiary/aromatic N) is 5. The SMILES string of the molecule is Cc1cc2n(n1)CCN2C(=O)C(C)n1ccc(C(F)(F)F)n1. The molecule has 0 N–H and O–H groups in total. The van der Waals surface area contributed by atoms with E-state index in [4.69, 9.17) is 0 Å². The number of carbonyl (C=O) groups excluding carboxylic acids is 1. The summed E-state index contributed by atoms with van der Waals surface area (Å²) in [7, 11) is 0. The van der Waals surface area contributed by atoms with Gasteiger partial charge in [-0.3, -0.25) is 14.4 Å². The third kappa shape index (κ3) is 2.36. The van der Waals surface area contributed by atoms with E-state index in [0.29, 0.717) is 18.9 Å². The van der Waals surface area contributed by atoms with Gasteiger partial charge in [0.25, 0.3) is 5.91 Å². The minimum absolute atomic E-state index is 0.310. The number of aryl methyl sites for hydroxylation is 1. The van der Waals surface area contributed by atoms with Crippen molar-refractivity contribution in [1.82, 2.24) is 19.6 Å². The molecule has 0 aromatic carbocycles. The van der Waals surface area contributed by atoms with Crippen molar-refractivity contribution in [1.29, 1.82) is 0 Å². The maximum Gasteiger partial charge on any atom is 0.435 e. The molecule has 0 saturated heterocycles. The molecule has 1 aliphatic rings. The summed E-state index contributed by atoms with van der Waals surface area (Å²) in [6.07, 6.45) is -3.35. The minimum Gasteiger partial charge on any atom is -0.293 e. The van der Waals surface area contributed by atoms with Crippen LogP contribution in [0.3, 0.4) is 0 Å². The summed E-state index contributed by atoms with van der Waals surface area (Å²) >= 11 is 0. The number of anilines is 1. The third-order valence-electron chi connectivity index (χ3n) is 3.61. The average molecular weight is 313 g/mol. The number of fused-ring (bicyclic) bond motifs is 1. The maximum absolute atomic E-state index is 12.6. The molecule has 1 unspecified atom stereocenters. The average Bonchev–Trinajstić information content (AvgIpc) is 3.10. The van der Waals surface area contributed by atoms with Crippen LogP contribution in [-0.4, -0.2) is 32.0 Å². The molecule has 22 heavy (non-hydrogen) atoms. The summed E-state index contributed by atoms with van der Waals surface area (Å²) in [6, 6.07) is 1.82. The topological polar surface area (TPSA) is 56.0 Å². The Hall–Kier alpha value is -2.32. The maximum atomic E-state index is 12.6. The van der Waals surface area contributed by atoms with Crippen molar-refractivity contribution < 1.29 is 18.0 Å². The molecule has 0 bridgehead atoms. The fourth-order valence-corrected chi connectivity index (χ4v) is 2.49. The molecule has 0 aliphatic carbocycles. The monoisotopic (exact) mass is 313 g/mol. The van der Waals surface area contributed by atoms with Crippen molar-refractivity contribution in [3.05, 3.63) is 29.7 Å². The summed E-state index contributed by atoms with van der Waals surface area (Å²) in [5.41, 5.74) is -0.215. The van der Waals surface area contributed by atoms with Gasteiger partial charge in [0, 0.05) is 18.8 Å². The van der Waals surface area contributed by atoms with Crippen molar-refractivity contribution in [2.24, 2.45) is 0 Å². The summed E-state index contributed by atoms with van der Waals surface area (Å²) < 4.78 is 40.5. The number of aromatic nitrogens is 4. The smallest absolute Gasteiger partial charge is 0.293 e. The van der Waals surface area contributed by atoms with Gasteiger partial charge < -0.3 is 0 Å². The largest absolute Gasteiger partial charge is 0.435 e. The summed E-state index contributed by atoms with van der Waals surface area (Å²) in [5, 5.41) is 7.70. The van der Waals surface area contributed by atoms with Crippen LogP contribution in [-0.2, 0) is 17.5 Å². The highest BCUT2D eigenvalue weighted by molar-refractivity contribution is 5.95. The number of rotatable bonds is 2. The van der Waals surface area contributed by atoms with Gasteiger partial charge in [0.2, 0.25) is 0 Å². The molecule has 6 nitrogen and oxygen atoms in total. The van der Waals surface area contributed by atoms with Gasteiger partial charge in [0.05, 0.1) is 12.2 Å². The van der Waals surface area contributed by atoms with E-state index in [1.54, 1.807) is 10.7 Å². The first-order chi connectivity index (χ1) is 10.3. The van der Waals surface area contributed by atoms with E-state index in [1.807, 2.05) is 6.92 Å². The minimum atomic E-state index is -4.52. The molecule has 2 aromatic rings. The van der Waals surface area contributed by atoms with Gasteiger partial charge in [0.15, 0.2) is 5.69 Å². The lowest BCUT2D eigenvalue weighted by Crippen LogP contribution is -2.35. The molecular formula is C13H14F3N5O. The molecular weight excluding hydrogens is 299 g/mol. The first-order valence-corrected chi connectivity index (χ1v) is 6.75. The molecule has 0 radical (unpaired) electrons. The zero-order valence-corrected chi connectivity index (χ0v) is 12.0. The van der Waals surface area contributed by atoms with Gasteiger partial charge in [-0.2, -0.15) is 23.4 Å². The van der Waals surface area contributed by atoms with Crippen LogP contribution < -0.4 is 4.90 Å². The molecule has 118 valence electrons. The Morgan fingerprint density at radius 2 is 2.05 bits per heavy atom. The number of carbonyl (C=O) groups is 1. The van der Waals surface area contributed by atoms with Crippen LogP contribution in [0.15, 0.2) is 18.3 Å². The first-order valence-electron chi connectivity index (χ1n) is 6.75. The number of hydrogen-bond donors (Lipinski definition) is 0. The molecule has 3 heterocycles. The summed E-state index contributed by atoms with van der Waals surface area (Å²) in [4.78, 5) is 14.0. The lowest BCUT2D eigenvalue weighted by Gasteiger charge is -2.20. The van der Waals surface area contributed by atoms with Crippen LogP contribution in [0.25, 0.3) is 0 Å². The fraction of sp³-hybridized carbons (Fsp3) is 0.462. The molecule has 1 amide bonds. The highest BCUT2D eigenvalue weighted by atomic mass is 19.4. The fourth-order valence-electron chi connectivity index (χ4n) is 2.49. The number of halogens is 3. The highest BCUT2D eigenvalue weighted by Gasteiger charge is 2.35. The van der Waals surface area contributed by atoms with Crippen LogP contribution >= 0.6 is 0 Å². The molecule has 1 atom stereocenters. The van der Waals surface area contributed by atoms with Crippen LogP contribution in [0.1, 0.15) is 24.4 Å². The lowest BCUT2D eigenvalue weighted by atomic mass is 10.3. The van der Waals surface area contributed by atoms with E-state index in [2.05, 4.69) is 10.2 Å². The van der Waals surface area contributed by atoms with Crippen molar-refractivity contribution in [2.75, 3.05) is 11.4 Å². The van der Waals surface area contributed by atoms with E-state index in [-0.39, 0.29) is 5.91 Å². The van der Waals surface area contributed by atoms with Gasteiger partial charge in [-0.1, -0.05) is 0 Å². The van der Waals surface area contributed by atoms with Gasteiger partial charge >= 0.3 is 6.18 Å². The van der Waals surface area contributed by atoms with Crippen molar-refractivity contribution in [2.45, 2.75) is 32.6 Å². The Labute approximate surface area is 124 Å². The van der Waals surface area contributed by atoms with Crippen molar-refractivity contribution in [3.8, 4) is 0 Å². The quantitative estimate of drug-likeness (QED) is 0.852. The number of alkyl halides is 3. The number of amides is 1. The first kappa shape index (κ1) is 14.6. The van der Waals surface area contributed by atoms with Crippen LogP contribution in [0, 0.1) is 6.92 Å². The molecule has 3 rings (SSSR count). The van der Waals surface area contributed by atoms with Gasteiger partial charge in [-0.05, 0) is 19.9 Å². The van der Waals surface area contributed by atoms with Crippen LogP contribution in [0.5, 0.6) is 0 Å². The van der Waals surface area contributed by atoms with Gasteiger partial charge in [-0.15, -0.1) is 0 Å². The zero-order valence-electron chi connectivity index (χ0n) is 12.0. The molecule has 0 fully saturated rings. The predicted molar refractivity (Wildman–Crippen MR) is 71.3 cm³/mol. The lowest BCUT2D eigenvalue weighted by molar-refractivity contribution is -0.141. The number of hydrogen-bond acceptors (Lipinski definition) is 3. The Morgan fingerprint density at radius 3 is 2.68 bits per heavy atom. The Kier molecular flexibility index (Phi) is 3.22. The Balaban J connectivity index is 1.82. The Bertz CT molecular complexity index is 718. The van der Waals surface area contributed by atoms with E-state index >= 15 is 0 Å². The molecule has 2 aromatic heterocycles. The highest BCUT2D eigenvalue weighted by Crippen LogP contribution is 2.29. The second-order valence-corrected chi connectivity index (χ2v) is 5.21. The van der Waals surface area contributed by atoms with E-state index in [9.17, 15) is 18.0 Å². The van der Waals surface area contributed by atoms with Crippen molar-refractivity contribution in [3.63, 3.8) is 0 Å². The van der Waals surface area contributed by atoms with Crippen LogP contribution in [0.4, 0.5) is 19.0 Å². The summed E-state index contributed by atoms with van der Waals surface area (Å²) in [5.74, 6) is 0.355. The predicted octanol–water partition coefficient (Wildman–Crippen LogP) is 2.01. The standard InChI is InChI=1S/C13H14F3N5O/c1-8-7-11-19(5-6-21(11)17-8)12(22)9(2)20-4-3-10(18-20)13(14,15)16/h3-4,7,9H,5-6H2,1-2H3. The van der Waals surface area contributed by atoms with Gasteiger partial charge in [-0.25, -0.2) is 4.68 Å². The molecule has 9 heteroatoms. The normalized spacial score (nSPS) is 16.0. The van der Waals surface area contributed by atoms with E-state index < -0.39 is 17.9 Å². The van der Waals surface area contributed by atoms with Crippen LogP contribution in [0.2, 0.25) is 0 Å². The third-order valence-corrected chi connectivity index (χ3v) is 3.61. The second-order valence-electron chi connectivity index (χ2n) is 5.21. The molecule has 1 aliphatic heterocycles. The molecule has 0 saturated carbocycles. The van der Waals surface area contributed by atoms with Crippen molar-refractivity contribution >= 4 is 11.7 Å². The zero-order chi connectivity index (χ0) is 16.1. The second kappa shape index (κ2) is 4.85.